The van der Waals surface area contributed by atoms with Crippen molar-refractivity contribution in [3.8, 4) is 5.88 Å². The summed E-state index contributed by atoms with van der Waals surface area (Å²) in [6, 6.07) is 3.32. The lowest BCUT2D eigenvalue weighted by Crippen LogP contribution is -2.38. The predicted octanol–water partition coefficient (Wildman–Crippen LogP) is 0.706. The molecule has 1 atom stereocenters. The maximum atomic E-state index is 11.9. The average molecular weight is 279 g/mol. The second-order valence-corrected chi connectivity index (χ2v) is 4.60. The van der Waals surface area contributed by atoms with E-state index in [4.69, 9.17) is 9.84 Å². The first kappa shape index (κ1) is 14.1. The molecule has 108 valence electrons. The van der Waals surface area contributed by atoms with Crippen molar-refractivity contribution < 1.29 is 19.4 Å². The van der Waals surface area contributed by atoms with E-state index in [9.17, 15) is 9.59 Å². The first-order chi connectivity index (χ1) is 9.61. The summed E-state index contributed by atoms with van der Waals surface area (Å²) in [7, 11) is 1.52. The lowest BCUT2D eigenvalue weighted by atomic mass is 10.1. The maximum Gasteiger partial charge on any atom is 0.317 e. The zero-order valence-corrected chi connectivity index (χ0v) is 11.2. The molecule has 2 heterocycles. The molecule has 1 fully saturated rings. The molecule has 0 aliphatic carbocycles. The van der Waals surface area contributed by atoms with E-state index in [1.807, 2.05) is 6.07 Å². The van der Waals surface area contributed by atoms with Crippen molar-refractivity contribution in [3.63, 3.8) is 0 Å². The summed E-state index contributed by atoms with van der Waals surface area (Å²) in [4.78, 5) is 28.4. The highest BCUT2D eigenvalue weighted by atomic mass is 16.5. The van der Waals surface area contributed by atoms with Crippen LogP contribution in [-0.4, -0.2) is 47.2 Å². The third-order valence-electron chi connectivity index (χ3n) is 3.30. The number of hydrogen-bond acceptors (Lipinski definition) is 4. The van der Waals surface area contributed by atoms with Crippen LogP contribution in [0.1, 0.15) is 12.0 Å². The van der Waals surface area contributed by atoms with E-state index in [-0.39, 0.29) is 12.6 Å². The van der Waals surface area contributed by atoms with Crippen LogP contribution < -0.4 is 10.1 Å². The number of carbonyl (C=O) groups excluding carboxylic acids is 1. The number of nitrogens with zero attached hydrogens (tertiary/aromatic N) is 2. The molecule has 1 saturated heterocycles. The molecule has 0 aromatic carbocycles. The highest BCUT2D eigenvalue weighted by Gasteiger charge is 2.30. The molecule has 2 N–H and O–H groups in total. The Bertz CT molecular complexity index is 506. The summed E-state index contributed by atoms with van der Waals surface area (Å²) in [6.07, 6.45) is 2.11. The molecule has 1 aromatic heterocycles. The monoisotopic (exact) mass is 279 g/mol. The Balaban J connectivity index is 1.88. The van der Waals surface area contributed by atoms with Gasteiger partial charge in [-0.05, 0) is 12.5 Å². The molecule has 7 nitrogen and oxygen atoms in total. The van der Waals surface area contributed by atoms with Gasteiger partial charge in [-0.1, -0.05) is 6.07 Å². The molecule has 1 unspecified atom stereocenters. The van der Waals surface area contributed by atoms with Crippen molar-refractivity contribution in [1.82, 2.24) is 15.2 Å². The van der Waals surface area contributed by atoms with E-state index in [1.165, 1.54) is 12.0 Å². The number of nitrogens with one attached hydrogen (secondary N) is 1. The van der Waals surface area contributed by atoms with Crippen molar-refractivity contribution in [1.29, 1.82) is 0 Å². The van der Waals surface area contributed by atoms with Gasteiger partial charge >= 0.3 is 12.0 Å². The number of hydrogen-bond donors (Lipinski definition) is 2. The van der Waals surface area contributed by atoms with Crippen LogP contribution in [-0.2, 0) is 11.3 Å². The fourth-order valence-corrected chi connectivity index (χ4v) is 2.17. The normalized spacial score (nSPS) is 17.9. The Labute approximate surface area is 116 Å². The van der Waals surface area contributed by atoms with Crippen molar-refractivity contribution in [3.05, 3.63) is 23.9 Å². The molecule has 1 aliphatic heterocycles. The highest BCUT2D eigenvalue weighted by molar-refractivity contribution is 5.77. The number of pyridine rings is 1. The molecular weight excluding hydrogens is 262 g/mol. The van der Waals surface area contributed by atoms with Gasteiger partial charge in [0.25, 0.3) is 0 Å². The third kappa shape index (κ3) is 3.17. The summed E-state index contributed by atoms with van der Waals surface area (Å²) in [5.41, 5.74) is 0.775. The molecule has 1 aromatic rings. The number of carboxylic acids is 1. The van der Waals surface area contributed by atoms with Crippen LogP contribution >= 0.6 is 0 Å². The van der Waals surface area contributed by atoms with Crippen LogP contribution in [0.2, 0.25) is 0 Å². The Morgan fingerprint density at radius 3 is 3.05 bits per heavy atom. The minimum atomic E-state index is -0.853. The topological polar surface area (TPSA) is 91.8 Å². The Hall–Kier alpha value is -2.31. The second kappa shape index (κ2) is 6.23. The number of urea groups is 1. The first-order valence-electron chi connectivity index (χ1n) is 6.35. The molecule has 0 radical (unpaired) electrons. The van der Waals surface area contributed by atoms with Crippen molar-refractivity contribution in [2.75, 3.05) is 20.2 Å². The van der Waals surface area contributed by atoms with Crippen LogP contribution in [0.15, 0.2) is 18.3 Å². The summed E-state index contributed by atoms with van der Waals surface area (Å²) >= 11 is 0. The Morgan fingerprint density at radius 1 is 1.60 bits per heavy atom. The molecule has 2 amide bonds. The smallest absolute Gasteiger partial charge is 0.317 e. The van der Waals surface area contributed by atoms with Crippen LogP contribution in [0.3, 0.4) is 0 Å². The molecule has 7 heteroatoms. The van der Waals surface area contributed by atoms with Crippen LogP contribution in [0.25, 0.3) is 0 Å². The average Bonchev–Trinajstić information content (AvgIpc) is 2.95. The molecule has 0 bridgehead atoms. The van der Waals surface area contributed by atoms with Crippen molar-refractivity contribution >= 4 is 12.0 Å². The summed E-state index contributed by atoms with van der Waals surface area (Å²) in [6.45, 7) is 1.02. The van der Waals surface area contributed by atoms with Gasteiger partial charge in [-0.15, -0.1) is 0 Å². The van der Waals surface area contributed by atoms with Gasteiger partial charge < -0.3 is 20.1 Å². The summed E-state index contributed by atoms with van der Waals surface area (Å²) < 4.78 is 5.10. The van der Waals surface area contributed by atoms with E-state index < -0.39 is 11.9 Å². The fraction of sp³-hybridized carbons (Fsp3) is 0.462. The molecule has 2 rings (SSSR count). The second-order valence-electron chi connectivity index (χ2n) is 4.60. The van der Waals surface area contributed by atoms with E-state index in [1.54, 1.807) is 12.3 Å². The number of likely N-dealkylation sites (tertiary alicyclic amines) is 1. The summed E-state index contributed by atoms with van der Waals surface area (Å²) in [5.74, 6) is -0.847. The van der Waals surface area contributed by atoms with Gasteiger partial charge in [-0.2, -0.15) is 0 Å². The lowest BCUT2D eigenvalue weighted by Gasteiger charge is -2.17. The van der Waals surface area contributed by atoms with E-state index in [0.29, 0.717) is 25.4 Å². The highest BCUT2D eigenvalue weighted by Crippen LogP contribution is 2.17. The third-order valence-corrected chi connectivity index (χ3v) is 3.30. The zero-order chi connectivity index (χ0) is 14.5. The Kier molecular flexibility index (Phi) is 4.39. The number of carboxylic acid groups (broad SMARTS) is 1. The van der Waals surface area contributed by atoms with E-state index >= 15 is 0 Å². The van der Waals surface area contributed by atoms with Gasteiger partial charge in [0, 0.05) is 31.4 Å². The van der Waals surface area contributed by atoms with Gasteiger partial charge in [0.05, 0.1) is 13.0 Å². The predicted molar refractivity (Wildman–Crippen MR) is 70.3 cm³/mol. The minimum Gasteiger partial charge on any atom is -0.481 e. The number of carbonyl (C=O) groups is 2. The number of methoxy groups -OCH3 is 1. The van der Waals surface area contributed by atoms with Crippen LogP contribution in [0, 0.1) is 5.92 Å². The SMILES string of the molecule is COc1ncccc1CNC(=O)N1CCC(C(=O)O)C1. The number of aromatic nitrogens is 1. The zero-order valence-electron chi connectivity index (χ0n) is 11.2. The summed E-state index contributed by atoms with van der Waals surface area (Å²) in [5, 5.41) is 11.7. The standard InChI is InChI=1S/C13H17N3O4/c1-20-11-9(3-2-5-14-11)7-15-13(19)16-6-4-10(8-16)12(17)18/h2-3,5,10H,4,6-8H2,1H3,(H,15,19)(H,17,18). The van der Waals surface area contributed by atoms with Gasteiger partial charge in [0.2, 0.25) is 5.88 Å². The molecule has 20 heavy (non-hydrogen) atoms. The van der Waals surface area contributed by atoms with Crippen molar-refractivity contribution in [2.24, 2.45) is 5.92 Å². The molecular formula is C13H17N3O4. The van der Waals surface area contributed by atoms with Gasteiger partial charge in [0.15, 0.2) is 0 Å². The minimum absolute atomic E-state index is 0.255. The van der Waals surface area contributed by atoms with Crippen molar-refractivity contribution in [2.45, 2.75) is 13.0 Å². The largest absolute Gasteiger partial charge is 0.481 e. The van der Waals surface area contributed by atoms with Crippen LogP contribution in [0.5, 0.6) is 5.88 Å². The number of ether oxygens (including phenoxy) is 1. The van der Waals surface area contributed by atoms with Gasteiger partial charge in [-0.3, -0.25) is 4.79 Å². The first-order valence-corrected chi connectivity index (χ1v) is 6.35. The number of amides is 2. The van der Waals surface area contributed by atoms with Crippen LogP contribution in [0.4, 0.5) is 4.79 Å². The maximum absolute atomic E-state index is 11.9. The quantitative estimate of drug-likeness (QED) is 0.846. The molecule has 0 saturated carbocycles. The van der Waals surface area contributed by atoms with E-state index in [0.717, 1.165) is 5.56 Å². The molecule has 0 spiro atoms. The Morgan fingerprint density at radius 2 is 2.40 bits per heavy atom. The number of rotatable bonds is 4. The fourth-order valence-electron chi connectivity index (χ4n) is 2.17. The molecule has 1 aliphatic rings. The van der Waals surface area contributed by atoms with Gasteiger partial charge in [0.1, 0.15) is 0 Å². The van der Waals surface area contributed by atoms with Gasteiger partial charge in [-0.25, -0.2) is 9.78 Å². The lowest BCUT2D eigenvalue weighted by molar-refractivity contribution is -0.141. The van der Waals surface area contributed by atoms with E-state index in [2.05, 4.69) is 10.3 Å². The number of aliphatic carboxylic acids is 1.